The molecule has 2 heterocycles. The molecule has 0 atom stereocenters. The molecule has 0 aliphatic rings. The maximum absolute atomic E-state index is 3.75. The van der Waals surface area contributed by atoms with Crippen LogP contribution in [0.3, 0.4) is 0 Å². The predicted molar refractivity (Wildman–Crippen MR) is 41.0 cm³/mol. The van der Waals surface area contributed by atoms with Gasteiger partial charge in [-0.3, -0.25) is 5.10 Å². The van der Waals surface area contributed by atoms with Crippen LogP contribution in [0, 0.1) is 13.1 Å². The number of fused-ring (bicyclic) bond motifs is 1. The topological polar surface area (TPSA) is 25.8 Å². The summed E-state index contributed by atoms with van der Waals surface area (Å²) in [4.78, 5) is 0. The SMILES string of the molecule is Cc1csc2[c-]nncc12.[Y]. The number of rotatable bonds is 0. The van der Waals surface area contributed by atoms with Crippen molar-refractivity contribution >= 4 is 21.4 Å². The van der Waals surface area contributed by atoms with E-state index >= 15 is 0 Å². The molecule has 0 aliphatic carbocycles. The van der Waals surface area contributed by atoms with Crippen molar-refractivity contribution < 1.29 is 32.7 Å². The Morgan fingerprint density at radius 1 is 1.55 bits per heavy atom. The number of hydrogen-bond donors (Lipinski definition) is 0. The predicted octanol–water partition coefficient (Wildman–Crippen LogP) is 1.80. The van der Waals surface area contributed by atoms with Crippen molar-refractivity contribution in [3.05, 3.63) is 23.3 Å². The molecule has 2 aromatic rings. The number of aryl methyl sites for hydroxylation is 1. The zero-order valence-corrected chi connectivity index (χ0v) is 9.69. The van der Waals surface area contributed by atoms with Crippen LogP contribution in [0.2, 0.25) is 0 Å². The summed E-state index contributed by atoms with van der Waals surface area (Å²) in [6.07, 6.45) is 4.60. The Kier molecular flexibility index (Phi) is 3.10. The molecule has 0 aliphatic heterocycles. The summed E-state index contributed by atoms with van der Waals surface area (Å²) in [6, 6.07) is 0. The van der Waals surface area contributed by atoms with E-state index in [1.54, 1.807) is 17.5 Å². The Balaban J connectivity index is 0.000000605. The van der Waals surface area contributed by atoms with Crippen molar-refractivity contribution in [1.29, 1.82) is 0 Å². The van der Waals surface area contributed by atoms with Crippen LogP contribution < -0.4 is 0 Å². The summed E-state index contributed by atoms with van der Waals surface area (Å²) >= 11 is 1.66. The number of hydrogen-bond acceptors (Lipinski definition) is 3. The van der Waals surface area contributed by atoms with Crippen LogP contribution in [-0.2, 0) is 32.7 Å². The van der Waals surface area contributed by atoms with Crippen LogP contribution in [-0.4, -0.2) is 10.2 Å². The minimum Gasteiger partial charge on any atom is -0.266 e. The second-order valence-electron chi connectivity index (χ2n) is 2.12. The standard InChI is InChI=1S/C7H5N2S.Y/c1-5-4-10-7-3-9-8-2-6(5)7;/h2,4H,1H3;/q-1;. The van der Waals surface area contributed by atoms with Crippen molar-refractivity contribution in [2.45, 2.75) is 6.92 Å². The smallest absolute Gasteiger partial charge is 0 e. The van der Waals surface area contributed by atoms with E-state index in [1.807, 2.05) is 0 Å². The zero-order valence-electron chi connectivity index (χ0n) is 6.03. The van der Waals surface area contributed by atoms with E-state index in [0.29, 0.717) is 0 Å². The summed E-state index contributed by atoms with van der Waals surface area (Å²) in [5, 5.41) is 10.7. The van der Waals surface area contributed by atoms with Gasteiger partial charge in [0.1, 0.15) is 0 Å². The molecule has 0 N–H and O–H groups in total. The molecule has 4 heteroatoms. The Morgan fingerprint density at radius 3 is 3.09 bits per heavy atom. The first-order chi connectivity index (χ1) is 4.88. The van der Waals surface area contributed by atoms with Gasteiger partial charge in [0, 0.05) is 32.7 Å². The van der Waals surface area contributed by atoms with E-state index in [0.717, 1.165) is 4.70 Å². The molecule has 0 spiro atoms. The third-order valence-corrected chi connectivity index (χ3v) is 2.44. The van der Waals surface area contributed by atoms with Crippen LogP contribution in [0.4, 0.5) is 0 Å². The van der Waals surface area contributed by atoms with Gasteiger partial charge in [-0.05, 0) is 11.6 Å². The molecule has 0 fully saturated rings. The van der Waals surface area contributed by atoms with Gasteiger partial charge < -0.3 is 0 Å². The van der Waals surface area contributed by atoms with Crippen molar-refractivity contribution in [2.75, 3.05) is 0 Å². The first-order valence-corrected chi connectivity index (χ1v) is 3.83. The summed E-state index contributed by atoms with van der Waals surface area (Å²) in [5.41, 5.74) is 1.26. The van der Waals surface area contributed by atoms with Crippen LogP contribution in [0.5, 0.6) is 0 Å². The molecule has 0 bridgehead atoms. The van der Waals surface area contributed by atoms with Crippen molar-refractivity contribution in [3.63, 3.8) is 0 Å². The van der Waals surface area contributed by atoms with Crippen LogP contribution in [0.15, 0.2) is 11.6 Å². The van der Waals surface area contributed by atoms with Crippen LogP contribution in [0.25, 0.3) is 10.1 Å². The average Bonchev–Trinajstić information content (AvgIpc) is 2.34. The fraction of sp³-hybridized carbons (Fsp3) is 0.143. The van der Waals surface area contributed by atoms with E-state index in [4.69, 9.17) is 0 Å². The fourth-order valence-corrected chi connectivity index (χ4v) is 1.72. The maximum atomic E-state index is 3.75. The molecular weight excluding hydrogens is 233 g/mol. The number of nitrogens with zero attached hydrogens (tertiary/aromatic N) is 2. The van der Waals surface area contributed by atoms with Gasteiger partial charge in [0.05, 0.1) is 0 Å². The van der Waals surface area contributed by atoms with E-state index in [9.17, 15) is 0 Å². The second kappa shape index (κ2) is 3.70. The minimum absolute atomic E-state index is 0. The Morgan fingerprint density at radius 2 is 2.36 bits per heavy atom. The molecule has 11 heavy (non-hydrogen) atoms. The largest absolute Gasteiger partial charge is 0.266 e. The molecular formula is C7H5N2SY-. The number of thiophene rings is 1. The molecule has 0 saturated heterocycles. The second-order valence-corrected chi connectivity index (χ2v) is 3.00. The first kappa shape index (κ1) is 9.23. The zero-order chi connectivity index (χ0) is 6.97. The Bertz CT molecular complexity index is 358. The van der Waals surface area contributed by atoms with E-state index in [1.165, 1.54) is 10.9 Å². The van der Waals surface area contributed by atoms with Gasteiger partial charge >= 0.3 is 0 Å². The van der Waals surface area contributed by atoms with Gasteiger partial charge in [-0.15, -0.1) is 21.8 Å². The molecule has 0 unspecified atom stereocenters. The third kappa shape index (κ3) is 1.66. The fourth-order valence-electron chi connectivity index (χ4n) is 0.861. The van der Waals surface area contributed by atoms with Gasteiger partial charge in [0.25, 0.3) is 0 Å². The normalized spacial score (nSPS) is 9.55. The quantitative estimate of drug-likeness (QED) is 0.654. The van der Waals surface area contributed by atoms with Crippen molar-refractivity contribution in [3.8, 4) is 0 Å². The third-order valence-electron chi connectivity index (χ3n) is 1.42. The summed E-state index contributed by atoms with van der Waals surface area (Å²) in [6.45, 7) is 2.06. The average molecular weight is 238 g/mol. The van der Waals surface area contributed by atoms with Crippen LogP contribution >= 0.6 is 11.3 Å². The van der Waals surface area contributed by atoms with E-state index < -0.39 is 0 Å². The minimum atomic E-state index is 0. The molecule has 0 saturated carbocycles. The molecule has 53 valence electrons. The first-order valence-electron chi connectivity index (χ1n) is 2.95. The van der Waals surface area contributed by atoms with E-state index in [-0.39, 0.29) is 32.7 Å². The van der Waals surface area contributed by atoms with Gasteiger partial charge in [0.2, 0.25) is 0 Å². The maximum Gasteiger partial charge on any atom is 0 e. The summed E-state index contributed by atoms with van der Waals surface area (Å²) in [5.74, 6) is 0. The molecule has 1 radical (unpaired) electrons. The number of aromatic nitrogens is 2. The monoisotopic (exact) mass is 238 g/mol. The summed E-state index contributed by atoms with van der Waals surface area (Å²) < 4.78 is 1.09. The van der Waals surface area contributed by atoms with Crippen molar-refractivity contribution in [1.82, 2.24) is 10.2 Å². The van der Waals surface area contributed by atoms with Crippen LogP contribution in [0.1, 0.15) is 5.56 Å². The Hall–Kier alpha value is 0.144. The van der Waals surface area contributed by atoms with Gasteiger partial charge in [-0.1, -0.05) is 6.92 Å². The molecule has 2 aromatic heterocycles. The molecule has 2 rings (SSSR count). The molecule has 2 nitrogen and oxygen atoms in total. The Labute approximate surface area is 93.9 Å². The van der Waals surface area contributed by atoms with Gasteiger partial charge in [-0.25, -0.2) is 0 Å². The van der Waals surface area contributed by atoms with Gasteiger partial charge in [-0.2, -0.15) is 16.4 Å². The molecule has 0 aromatic carbocycles. The van der Waals surface area contributed by atoms with Crippen molar-refractivity contribution in [2.24, 2.45) is 0 Å². The van der Waals surface area contributed by atoms with Gasteiger partial charge in [0.15, 0.2) is 0 Å². The molecule has 0 amide bonds. The summed E-state index contributed by atoms with van der Waals surface area (Å²) in [7, 11) is 0. The van der Waals surface area contributed by atoms with E-state index in [2.05, 4.69) is 28.7 Å².